The van der Waals surface area contributed by atoms with Crippen molar-refractivity contribution in [2.24, 2.45) is 5.92 Å². The lowest BCUT2D eigenvalue weighted by atomic mass is 10.3. The van der Waals surface area contributed by atoms with Crippen LogP contribution in [-0.4, -0.2) is 16.1 Å². The van der Waals surface area contributed by atoms with Crippen molar-refractivity contribution in [2.45, 2.75) is 26.2 Å². The number of carbonyl (C=O) groups excluding carboxylic acids is 1. The Morgan fingerprint density at radius 2 is 2.30 bits per heavy atom. The van der Waals surface area contributed by atoms with Gasteiger partial charge in [-0.1, -0.05) is 18.3 Å². The molecule has 20 heavy (non-hydrogen) atoms. The van der Waals surface area contributed by atoms with E-state index in [0.29, 0.717) is 22.7 Å². The number of carbonyl (C=O) groups is 1. The molecule has 0 radical (unpaired) electrons. The first kappa shape index (κ1) is 13.1. The summed E-state index contributed by atoms with van der Waals surface area (Å²) in [5, 5.41) is 11.7. The van der Waals surface area contributed by atoms with E-state index in [1.165, 1.54) is 23.8 Å². The number of aryl methyl sites for hydroxylation is 1. The third kappa shape index (κ3) is 2.96. The average molecular weight is 289 g/mol. The van der Waals surface area contributed by atoms with Crippen molar-refractivity contribution in [3.63, 3.8) is 0 Å². The number of hydrogen-bond donors (Lipinski definition) is 1. The van der Waals surface area contributed by atoms with E-state index in [0.717, 1.165) is 10.8 Å². The molecule has 0 bridgehead atoms. The Hall–Kier alpha value is -1.95. The zero-order valence-corrected chi connectivity index (χ0v) is 12.1. The SMILES string of the molecule is Cc1nnc(NC(=O)C=Cc2ccc(C3CC3C)o2)s1. The molecular weight excluding hydrogens is 274 g/mol. The topological polar surface area (TPSA) is 68.0 Å². The Balaban J connectivity index is 1.59. The summed E-state index contributed by atoms with van der Waals surface area (Å²) in [7, 11) is 0. The van der Waals surface area contributed by atoms with Crippen LogP contribution >= 0.6 is 11.3 Å². The van der Waals surface area contributed by atoms with Gasteiger partial charge in [0.15, 0.2) is 0 Å². The van der Waals surface area contributed by atoms with Crippen LogP contribution in [0.25, 0.3) is 6.08 Å². The molecule has 0 aromatic carbocycles. The van der Waals surface area contributed by atoms with Gasteiger partial charge >= 0.3 is 0 Å². The van der Waals surface area contributed by atoms with E-state index in [4.69, 9.17) is 4.42 Å². The van der Waals surface area contributed by atoms with Crippen molar-refractivity contribution in [2.75, 3.05) is 5.32 Å². The number of furan rings is 1. The standard InChI is InChI=1S/C14H15N3O2S/c1-8-7-11(8)12-5-3-10(19-12)4-6-13(18)15-14-17-16-9(2)20-14/h3-6,8,11H,7H2,1-2H3,(H,15,17,18). The Morgan fingerprint density at radius 3 is 2.95 bits per heavy atom. The molecule has 2 heterocycles. The summed E-state index contributed by atoms with van der Waals surface area (Å²) in [4.78, 5) is 11.7. The maximum absolute atomic E-state index is 11.7. The fourth-order valence-electron chi connectivity index (χ4n) is 2.03. The molecule has 1 aliphatic rings. The Kier molecular flexibility index (Phi) is 3.40. The number of hydrogen-bond acceptors (Lipinski definition) is 5. The zero-order chi connectivity index (χ0) is 14.1. The molecule has 0 spiro atoms. The van der Waals surface area contributed by atoms with Crippen molar-refractivity contribution in [1.82, 2.24) is 10.2 Å². The normalized spacial score (nSPS) is 21.3. The third-order valence-corrected chi connectivity index (χ3v) is 4.03. The molecular formula is C14H15N3O2S. The van der Waals surface area contributed by atoms with Gasteiger partial charge in [0.2, 0.25) is 11.0 Å². The molecule has 6 heteroatoms. The number of aromatic nitrogens is 2. The highest BCUT2D eigenvalue weighted by Crippen LogP contribution is 2.47. The minimum atomic E-state index is -0.237. The molecule has 104 valence electrons. The summed E-state index contributed by atoms with van der Waals surface area (Å²) in [6.07, 6.45) is 4.29. The van der Waals surface area contributed by atoms with Gasteiger partial charge in [-0.2, -0.15) is 0 Å². The van der Waals surface area contributed by atoms with Gasteiger partial charge in [-0.05, 0) is 37.5 Å². The van der Waals surface area contributed by atoms with Gasteiger partial charge < -0.3 is 4.42 Å². The van der Waals surface area contributed by atoms with Gasteiger partial charge in [-0.15, -0.1) is 10.2 Å². The lowest BCUT2D eigenvalue weighted by Gasteiger charge is -1.93. The van der Waals surface area contributed by atoms with Gasteiger partial charge in [0.05, 0.1) is 0 Å². The maximum Gasteiger partial charge on any atom is 0.250 e. The Morgan fingerprint density at radius 1 is 1.50 bits per heavy atom. The van der Waals surface area contributed by atoms with E-state index >= 15 is 0 Å². The molecule has 1 fully saturated rings. The van der Waals surface area contributed by atoms with Crippen LogP contribution in [0, 0.1) is 12.8 Å². The molecule has 2 aromatic rings. The molecule has 1 aliphatic carbocycles. The average Bonchev–Trinajstić information content (AvgIpc) is 2.82. The van der Waals surface area contributed by atoms with Crippen LogP contribution in [0.3, 0.4) is 0 Å². The quantitative estimate of drug-likeness (QED) is 0.877. The van der Waals surface area contributed by atoms with Crippen LogP contribution in [0.2, 0.25) is 0 Å². The first-order valence-electron chi connectivity index (χ1n) is 6.51. The molecule has 1 amide bonds. The minimum absolute atomic E-state index is 0.237. The van der Waals surface area contributed by atoms with Crippen LogP contribution in [0.4, 0.5) is 5.13 Å². The summed E-state index contributed by atoms with van der Waals surface area (Å²) in [6.45, 7) is 4.05. The van der Waals surface area contributed by atoms with Gasteiger partial charge in [0.25, 0.3) is 0 Å². The fraction of sp³-hybridized carbons (Fsp3) is 0.357. The van der Waals surface area contributed by atoms with Gasteiger partial charge in [0, 0.05) is 12.0 Å². The molecule has 2 aromatic heterocycles. The smallest absolute Gasteiger partial charge is 0.250 e. The molecule has 0 aliphatic heterocycles. The van der Waals surface area contributed by atoms with Crippen molar-refractivity contribution in [1.29, 1.82) is 0 Å². The van der Waals surface area contributed by atoms with Crippen LogP contribution < -0.4 is 5.32 Å². The van der Waals surface area contributed by atoms with Crippen LogP contribution in [0.1, 0.15) is 35.8 Å². The second kappa shape index (κ2) is 5.20. The monoisotopic (exact) mass is 289 g/mol. The van der Waals surface area contributed by atoms with Gasteiger partial charge in [0.1, 0.15) is 16.5 Å². The molecule has 2 atom stereocenters. The molecule has 3 rings (SSSR count). The van der Waals surface area contributed by atoms with Crippen molar-refractivity contribution < 1.29 is 9.21 Å². The first-order chi connectivity index (χ1) is 9.61. The highest BCUT2D eigenvalue weighted by Gasteiger charge is 2.36. The van der Waals surface area contributed by atoms with Crippen LogP contribution in [0.5, 0.6) is 0 Å². The molecule has 5 nitrogen and oxygen atoms in total. The third-order valence-electron chi connectivity index (χ3n) is 3.28. The summed E-state index contributed by atoms with van der Waals surface area (Å²) >= 11 is 1.34. The number of anilines is 1. The second-order valence-corrected chi connectivity index (χ2v) is 6.19. The number of nitrogens with zero attached hydrogens (tertiary/aromatic N) is 2. The summed E-state index contributed by atoms with van der Waals surface area (Å²) < 4.78 is 5.69. The maximum atomic E-state index is 11.7. The van der Waals surface area contributed by atoms with E-state index < -0.39 is 0 Å². The summed E-state index contributed by atoms with van der Waals surface area (Å²) in [5.41, 5.74) is 0. The highest BCUT2D eigenvalue weighted by molar-refractivity contribution is 7.15. The molecule has 2 unspecified atom stereocenters. The lowest BCUT2D eigenvalue weighted by molar-refractivity contribution is -0.111. The summed E-state index contributed by atoms with van der Waals surface area (Å²) in [5.74, 6) is 2.73. The molecule has 1 saturated carbocycles. The predicted octanol–water partition coefficient (Wildman–Crippen LogP) is 3.21. The second-order valence-electron chi connectivity index (χ2n) is 5.01. The van der Waals surface area contributed by atoms with E-state index in [9.17, 15) is 4.79 Å². The molecule has 0 saturated heterocycles. The largest absolute Gasteiger partial charge is 0.461 e. The number of amides is 1. The zero-order valence-electron chi connectivity index (χ0n) is 11.3. The van der Waals surface area contributed by atoms with Crippen molar-refractivity contribution in [3.05, 3.63) is 34.7 Å². The number of rotatable bonds is 4. The summed E-state index contributed by atoms with van der Waals surface area (Å²) in [6, 6.07) is 3.87. The van der Waals surface area contributed by atoms with Crippen LogP contribution in [-0.2, 0) is 4.79 Å². The van der Waals surface area contributed by atoms with Crippen LogP contribution in [0.15, 0.2) is 22.6 Å². The van der Waals surface area contributed by atoms with E-state index in [1.54, 1.807) is 6.08 Å². The lowest BCUT2D eigenvalue weighted by Crippen LogP contribution is -2.07. The molecule has 1 N–H and O–H groups in total. The number of nitrogens with one attached hydrogen (secondary N) is 1. The van der Waals surface area contributed by atoms with E-state index in [1.807, 2.05) is 19.1 Å². The van der Waals surface area contributed by atoms with Crippen molar-refractivity contribution in [3.8, 4) is 0 Å². The Labute approximate surface area is 120 Å². The fourth-order valence-corrected chi connectivity index (χ4v) is 2.62. The highest BCUT2D eigenvalue weighted by atomic mass is 32.1. The van der Waals surface area contributed by atoms with E-state index in [2.05, 4.69) is 22.4 Å². The minimum Gasteiger partial charge on any atom is -0.461 e. The van der Waals surface area contributed by atoms with Gasteiger partial charge in [-0.25, -0.2) is 0 Å². The Bertz CT molecular complexity index is 659. The van der Waals surface area contributed by atoms with E-state index in [-0.39, 0.29) is 5.91 Å². The first-order valence-corrected chi connectivity index (χ1v) is 7.32. The predicted molar refractivity (Wildman–Crippen MR) is 77.5 cm³/mol. The van der Waals surface area contributed by atoms with Crippen molar-refractivity contribution >= 4 is 28.5 Å². The van der Waals surface area contributed by atoms with Gasteiger partial charge in [-0.3, -0.25) is 10.1 Å².